The number of hydrogen-bond donors (Lipinski definition) is 1. The molecule has 4 heteroatoms. The van der Waals surface area contributed by atoms with Gasteiger partial charge in [0.1, 0.15) is 5.75 Å². The molecule has 0 heterocycles. The van der Waals surface area contributed by atoms with E-state index in [1.807, 2.05) is 12.1 Å². The molecule has 0 saturated heterocycles. The molecule has 0 amide bonds. The Morgan fingerprint density at radius 2 is 2.20 bits per heavy atom. The molecule has 0 aliphatic heterocycles. The van der Waals surface area contributed by atoms with Gasteiger partial charge in [-0.1, -0.05) is 15.9 Å². The zero-order chi connectivity index (χ0) is 10.8. The van der Waals surface area contributed by atoms with E-state index in [1.54, 1.807) is 18.9 Å². The minimum atomic E-state index is -0.0966. The number of aliphatic hydroxyl groups is 1. The van der Waals surface area contributed by atoms with Gasteiger partial charge in [-0.15, -0.1) is 11.8 Å². The summed E-state index contributed by atoms with van der Waals surface area (Å²) in [5.74, 6) is 0.907. The molecule has 0 spiro atoms. The maximum atomic E-state index is 9.22. The summed E-state index contributed by atoms with van der Waals surface area (Å²) in [6, 6.07) is 5.99. The van der Waals surface area contributed by atoms with Crippen molar-refractivity contribution in [3.05, 3.63) is 22.7 Å². The summed E-state index contributed by atoms with van der Waals surface area (Å²) in [5, 5.41) is 9.75. The summed E-state index contributed by atoms with van der Waals surface area (Å²) in [5.41, 5.74) is 0. The maximum Gasteiger partial charge on any atom is 0.132 e. The van der Waals surface area contributed by atoms with Crippen LogP contribution in [0.4, 0.5) is 0 Å². The number of rotatable bonds is 3. The lowest BCUT2D eigenvalue weighted by Gasteiger charge is -2.31. The van der Waals surface area contributed by atoms with Crippen molar-refractivity contribution in [3.63, 3.8) is 0 Å². The number of ether oxygens (including phenoxy) is 1. The Morgan fingerprint density at radius 3 is 2.80 bits per heavy atom. The van der Waals surface area contributed by atoms with Crippen LogP contribution in [0.15, 0.2) is 27.6 Å². The first-order valence-corrected chi connectivity index (χ1v) is 6.54. The van der Waals surface area contributed by atoms with Crippen LogP contribution in [0, 0.1) is 0 Å². The van der Waals surface area contributed by atoms with E-state index in [0.717, 1.165) is 28.0 Å². The second kappa shape index (κ2) is 4.76. The van der Waals surface area contributed by atoms with Crippen LogP contribution in [0.1, 0.15) is 12.8 Å². The predicted molar refractivity (Wildman–Crippen MR) is 65.6 cm³/mol. The van der Waals surface area contributed by atoms with Gasteiger partial charge in [0.2, 0.25) is 0 Å². The van der Waals surface area contributed by atoms with Crippen molar-refractivity contribution >= 4 is 27.7 Å². The third-order valence-electron chi connectivity index (χ3n) is 2.49. The average Bonchev–Trinajstić information content (AvgIpc) is 2.16. The fraction of sp³-hybridized carbons (Fsp3) is 0.455. The molecule has 1 fully saturated rings. The molecular formula is C11H13BrO2S. The molecule has 1 aromatic rings. The molecule has 1 aliphatic rings. The van der Waals surface area contributed by atoms with Crippen LogP contribution >= 0.6 is 27.7 Å². The summed E-state index contributed by atoms with van der Waals surface area (Å²) in [6.45, 7) is 0. The lowest BCUT2D eigenvalue weighted by molar-refractivity contribution is 0.101. The quantitative estimate of drug-likeness (QED) is 0.927. The van der Waals surface area contributed by atoms with Crippen LogP contribution in [0.2, 0.25) is 0 Å². The lowest BCUT2D eigenvalue weighted by atomic mass is 9.96. The zero-order valence-corrected chi connectivity index (χ0v) is 10.8. The van der Waals surface area contributed by atoms with E-state index in [-0.39, 0.29) is 6.10 Å². The molecule has 15 heavy (non-hydrogen) atoms. The van der Waals surface area contributed by atoms with Gasteiger partial charge in [0.25, 0.3) is 0 Å². The van der Waals surface area contributed by atoms with Gasteiger partial charge in [0, 0.05) is 9.72 Å². The third kappa shape index (κ3) is 2.68. The highest BCUT2D eigenvalue weighted by Crippen LogP contribution is 2.41. The van der Waals surface area contributed by atoms with Crippen LogP contribution in [0.25, 0.3) is 0 Å². The molecule has 1 saturated carbocycles. The highest BCUT2D eigenvalue weighted by Gasteiger charge is 2.28. The molecule has 2 rings (SSSR count). The Morgan fingerprint density at radius 1 is 1.47 bits per heavy atom. The van der Waals surface area contributed by atoms with Gasteiger partial charge in [-0.05, 0) is 31.0 Å². The molecule has 1 aromatic carbocycles. The first-order valence-electron chi connectivity index (χ1n) is 4.87. The summed E-state index contributed by atoms with van der Waals surface area (Å²) < 4.78 is 6.35. The second-order valence-electron chi connectivity index (χ2n) is 3.66. The fourth-order valence-electron chi connectivity index (χ4n) is 1.56. The van der Waals surface area contributed by atoms with E-state index >= 15 is 0 Å². The Hall–Kier alpha value is -0.190. The number of aliphatic hydroxyl groups excluding tert-OH is 1. The van der Waals surface area contributed by atoms with Gasteiger partial charge in [0.15, 0.2) is 0 Å². The topological polar surface area (TPSA) is 29.5 Å². The van der Waals surface area contributed by atoms with Crippen molar-refractivity contribution in [3.8, 4) is 5.75 Å². The van der Waals surface area contributed by atoms with Gasteiger partial charge in [0.05, 0.1) is 18.1 Å². The normalized spacial score (nSPS) is 24.7. The molecule has 82 valence electrons. The number of halogens is 1. The summed E-state index contributed by atoms with van der Waals surface area (Å²) in [7, 11) is 1.68. The second-order valence-corrected chi connectivity index (χ2v) is 5.92. The smallest absolute Gasteiger partial charge is 0.132 e. The van der Waals surface area contributed by atoms with Crippen LogP contribution in [0.5, 0.6) is 5.75 Å². The van der Waals surface area contributed by atoms with E-state index in [4.69, 9.17) is 4.74 Å². The third-order valence-corrected chi connectivity index (χ3v) is 4.27. The van der Waals surface area contributed by atoms with Gasteiger partial charge in [-0.3, -0.25) is 0 Å². The Kier molecular flexibility index (Phi) is 3.59. The van der Waals surface area contributed by atoms with Crippen molar-refractivity contribution in [2.24, 2.45) is 0 Å². The van der Waals surface area contributed by atoms with Gasteiger partial charge in [-0.25, -0.2) is 0 Å². The number of hydrogen-bond acceptors (Lipinski definition) is 3. The van der Waals surface area contributed by atoms with E-state index in [1.165, 1.54) is 0 Å². The highest BCUT2D eigenvalue weighted by molar-refractivity contribution is 9.10. The Labute approximate surface area is 102 Å². The fourth-order valence-corrected chi connectivity index (χ4v) is 3.53. The monoisotopic (exact) mass is 288 g/mol. The van der Waals surface area contributed by atoms with E-state index in [9.17, 15) is 5.11 Å². The van der Waals surface area contributed by atoms with E-state index in [0.29, 0.717) is 5.25 Å². The minimum Gasteiger partial charge on any atom is -0.496 e. The largest absolute Gasteiger partial charge is 0.496 e. The van der Waals surface area contributed by atoms with E-state index < -0.39 is 0 Å². The minimum absolute atomic E-state index is 0.0966. The molecule has 1 aliphatic carbocycles. The van der Waals surface area contributed by atoms with Crippen LogP contribution in [-0.4, -0.2) is 23.6 Å². The highest BCUT2D eigenvalue weighted by atomic mass is 79.9. The first-order chi connectivity index (χ1) is 7.19. The van der Waals surface area contributed by atoms with Crippen molar-refractivity contribution in [2.45, 2.75) is 29.1 Å². The molecule has 0 unspecified atom stereocenters. The van der Waals surface area contributed by atoms with Crippen molar-refractivity contribution < 1.29 is 9.84 Å². The van der Waals surface area contributed by atoms with Crippen LogP contribution in [-0.2, 0) is 0 Å². The van der Waals surface area contributed by atoms with Gasteiger partial charge in [-0.2, -0.15) is 0 Å². The SMILES string of the molecule is COc1ccc(Br)cc1SC1CC(O)C1. The molecular weight excluding hydrogens is 276 g/mol. The van der Waals surface area contributed by atoms with Gasteiger partial charge < -0.3 is 9.84 Å². The van der Waals surface area contributed by atoms with Crippen LogP contribution < -0.4 is 4.74 Å². The molecule has 1 N–H and O–H groups in total. The number of methoxy groups -OCH3 is 1. The summed E-state index contributed by atoms with van der Waals surface area (Å²) in [6.07, 6.45) is 1.68. The summed E-state index contributed by atoms with van der Waals surface area (Å²) >= 11 is 5.23. The Bertz CT molecular complexity index is 350. The number of thioether (sulfide) groups is 1. The Balaban J connectivity index is 2.08. The van der Waals surface area contributed by atoms with Crippen molar-refractivity contribution in [1.82, 2.24) is 0 Å². The maximum absolute atomic E-state index is 9.22. The molecule has 0 bridgehead atoms. The van der Waals surface area contributed by atoms with Crippen molar-refractivity contribution in [1.29, 1.82) is 0 Å². The standard InChI is InChI=1S/C11H13BrO2S/c1-14-10-3-2-7(12)4-11(10)15-9-5-8(13)6-9/h2-4,8-9,13H,5-6H2,1H3. The average molecular weight is 289 g/mol. The number of benzene rings is 1. The van der Waals surface area contributed by atoms with Crippen LogP contribution in [0.3, 0.4) is 0 Å². The molecule has 0 aromatic heterocycles. The zero-order valence-electron chi connectivity index (χ0n) is 8.44. The van der Waals surface area contributed by atoms with E-state index in [2.05, 4.69) is 22.0 Å². The predicted octanol–water partition coefficient (Wildman–Crippen LogP) is 3.07. The molecule has 0 radical (unpaired) electrons. The lowest BCUT2D eigenvalue weighted by Crippen LogP contribution is -2.30. The molecule has 0 atom stereocenters. The first kappa shape index (κ1) is 11.3. The van der Waals surface area contributed by atoms with Gasteiger partial charge >= 0.3 is 0 Å². The molecule has 2 nitrogen and oxygen atoms in total. The van der Waals surface area contributed by atoms with Crippen molar-refractivity contribution in [2.75, 3.05) is 7.11 Å². The summed E-state index contributed by atoms with van der Waals surface area (Å²) in [4.78, 5) is 1.14.